The molecule has 15 heavy (non-hydrogen) atoms. The summed E-state index contributed by atoms with van der Waals surface area (Å²) in [5.41, 5.74) is 4.08. The van der Waals surface area contributed by atoms with E-state index in [1.54, 1.807) is 0 Å². The van der Waals surface area contributed by atoms with Crippen LogP contribution in [0.15, 0.2) is 0 Å². The summed E-state index contributed by atoms with van der Waals surface area (Å²) in [5, 5.41) is 2.04. The van der Waals surface area contributed by atoms with Gasteiger partial charge in [-0.1, -0.05) is 25.7 Å². The van der Waals surface area contributed by atoms with E-state index in [2.05, 4.69) is 12.5 Å². The molecule has 1 aliphatic carbocycles. The minimum atomic E-state index is 0. The van der Waals surface area contributed by atoms with Gasteiger partial charge < -0.3 is 32.7 Å². The Morgan fingerprint density at radius 3 is 2.00 bits per heavy atom. The van der Waals surface area contributed by atoms with Gasteiger partial charge in [0.05, 0.1) is 0 Å². The summed E-state index contributed by atoms with van der Waals surface area (Å²) < 4.78 is 0. The van der Waals surface area contributed by atoms with Crippen molar-refractivity contribution in [1.82, 2.24) is 5.01 Å². The van der Waals surface area contributed by atoms with Crippen molar-refractivity contribution in [2.75, 3.05) is 20.6 Å². The van der Waals surface area contributed by atoms with Gasteiger partial charge in [0.2, 0.25) is 0 Å². The molecule has 1 rings (SSSR count). The van der Waals surface area contributed by atoms with Crippen molar-refractivity contribution in [3.8, 4) is 0 Å². The van der Waals surface area contributed by atoms with Crippen LogP contribution in [0, 0.1) is 28.2 Å². The largest absolute Gasteiger partial charge is 0.597 e. The van der Waals surface area contributed by atoms with Crippen LogP contribution < -0.4 is 0 Å². The van der Waals surface area contributed by atoms with E-state index in [1.165, 1.54) is 32.1 Å². The second kappa shape index (κ2) is 14.8. The zero-order chi connectivity index (χ0) is 8.10. The van der Waals surface area contributed by atoms with Gasteiger partial charge in [-0.15, -0.1) is 0 Å². The molecule has 0 spiro atoms. The Morgan fingerprint density at radius 1 is 1.13 bits per heavy atom. The summed E-state index contributed by atoms with van der Waals surface area (Å²) in [6, 6.07) is 0. The number of rotatable bonds is 4. The van der Waals surface area contributed by atoms with Crippen molar-refractivity contribution in [3.63, 3.8) is 0 Å². The molecule has 0 aromatic heterocycles. The van der Waals surface area contributed by atoms with E-state index in [1.807, 2.05) is 12.1 Å². The first kappa shape index (κ1) is 24.9. The third-order valence-corrected chi connectivity index (χ3v) is 2.68. The average Bonchev–Trinajstić information content (AvgIpc) is 2.52. The standard InChI is InChI=1S/C9H19N2.3CH3.Zr/c1-10-11(2)8-7-9-5-3-4-6-9;;;;/h9H,3-8H2,1-2H3;3*1H3;/q4*-1;. The first-order valence-electron chi connectivity index (χ1n) is 4.64. The fourth-order valence-electron chi connectivity index (χ4n) is 1.77. The van der Waals surface area contributed by atoms with Crippen molar-refractivity contribution >= 4 is 0 Å². The summed E-state index contributed by atoms with van der Waals surface area (Å²) >= 11 is 0. The molecule has 0 saturated heterocycles. The minimum Gasteiger partial charge on any atom is -0.597 e. The predicted molar refractivity (Wildman–Crippen MR) is 67.7 cm³/mol. The van der Waals surface area contributed by atoms with Crippen LogP contribution in [-0.2, 0) is 26.2 Å². The van der Waals surface area contributed by atoms with Crippen LogP contribution in [0.1, 0.15) is 32.1 Å². The van der Waals surface area contributed by atoms with E-state index in [4.69, 9.17) is 0 Å². The van der Waals surface area contributed by atoms with Gasteiger partial charge in [0.1, 0.15) is 0 Å². The SMILES string of the molecule is C[N-]N(C)CCC1CCCC1.[CH3-].[CH3-].[CH3-].[Zr]. The van der Waals surface area contributed by atoms with Crippen LogP contribution in [0.3, 0.4) is 0 Å². The Bertz CT molecular complexity index is 104. The van der Waals surface area contributed by atoms with Crippen molar-refractivity contribution in [3.05, 3.63) is 27.7 Å². The molecule has 0 radical (unpaired) electrons. The van der Waals surface area contributed by atoms with E-state index in [0.29, 0.717) is 0 Å². The first-order chi connectivity index (χ1) is 5.33. The van der Waals surface area contributed by atoms with Crippen LogP contribution in [0.25, 0.3) is 5.43 Å². The Balaban J connectivity index is -0.000000151. The molecule has 94 valence electrons. The molecule has 1 saturated carbocycles. The van der Waals surface area contributed by atoms with Crippen LogP contribution in [-0.4, -0.2) is 25.6 Å². The smallest absolute Gasteiger partial charge is 0 e. The van der Waals surface area contributed by atoms with E-state index in [-0.39, 0.29) is 48.5 Å². The van der Waals surface area contributed by atoms with Gasteiger partial charge in [-0.3, -0.25) is 0 Å². The second-order valence-corrected chi connectivity index (χ2v) is 3.52. The summed E-state index contributed by atoms with van der Waals surface area (Å²) in [5.74, 6) is 0.999. The molecule has 0 atom stereocenters. The maximum atomic E-state index is 4.08. The van der Waals surface area contributed by atoms with E-state index >= 15 is 0 Å². The van der Waals surface area contributed by atoms with Gasteiger partial charge in [-0.05, 0) is 25.9 Å². The fraction of sp³-hybridized carbons (Fsp3) is 0.750. The Kier molecular flexibility index (Phi) is 24.5. The van der Waals surface area contributed by atoms with Gasteiger partial charge in [-0.2, -0.15) is 7.05 Å². The molecule has 0 unspecified atom stereocenters. The van der Waals surface area contributed by atoms with Crippen molar-refractivity contribution in [2.24, 2.45) is 5.92 Å². The van der Waals surface area contributed by atoms with Crippen LogP contribution >= 0.6 is 0 Å². The van der Waals surface area contributed by atoms with Gasteiger partial charge in [0, 0.05) is 26.2 Å². The van der Waals surface area contributed by atoms with Gasteiger partial charge in [0.15, 0.2) is 0 Å². The predicted octanol–water partition coefficient (Wildman–Crippen LogP) is 3.77. The molecule has 0 N–H and O–H groups in total. The molecule has 0 aromatic carbocycles. The normalized spacial score (nSPS) is 14.6. The molecule has 1 fully saturated rings. The maximum Gasteiger partial charge on any atom is 0 e. The third-order valence-electron chi connectivity index (χ3n) is 2.68. The van der Waals surface area contributed by atoms with Gasteiger partial charge >= 0.3 is 0 Å². The van der Waals surface area contributed by atoms with Crippen LogP contribution in [0.4, 0.5) is 0 Å². The van der Waals surface area contributed by atoms with Gasteiger partial charge in [0.25, 0.3) is 0 Å². The topological polar surface area (TPSA) is 17.3 Å². The fourth-order valence-corrected chi connectivity index (χ4v) is 1.77. The Labute approximate surface area is 117 Å². The quantitative estimate of drug-likeness (QED) is 0.569. The van der Waals surface area contributed by atoms with Crippen molar-refractivity contribution in [1.29, 1.82) is 0 Å². The summed E-state index contributed by atoms with van der Waals surface area (Å²) in [4.78, 5) is 0. The monoisotopic (exact) mass is 290 g/mol. The van der Waals surface area contributed by atoms with E-state index in [0.717, 1.165) is 12.5 Å². The first-order valence-corrected chi connectivity index (χ1v) is 4.64. The molecule has 0 bridgehead atoms. The van der Waals surface area contributed by atoms with Crippen molar-refractivity contribution in [2.45, 2.75) is 32.1 Å². The summed E-state index contributed by atoms with van der Waals surface area (Å²) in [6.45, 7) is 1.14. The molecule has 0 amide bonds. The average molecular weight is 292 g/mol. The molecule has 3 heteroatoms. The minimum absolute atomic E-state index is 0. The molecule has 1 aliphatic rings. The van der Waals surface area contributed by atoms with Crippen molar-refractivity contribution < 1.29 is 26.2 Å². The maximum absolute atomic E-state index is 4.08. The Morgan fingerprint density at radius 2 is 1.60 bits per heavy atom. The third kappa shape index (κ3) is 11.1. The van der Waals surface area contributed by atoms with Gasteiger partial charge in [-0.25, -0.2) is 0 Å². The molecular formula is C12H28N2Zr-4. The molecular weight excluding hydrogens is 263 g/mol. The number of nitrogens with zero attached hydrogens (tertiary/aromatic N) is 2. The molecule has 0 heterocycles. The summed E-state index contributed by atoms with van der Waals surface area (Å²) in [6.07, 6.45) is 7.16. The van der Waals surface area contributed by atoms with E-state index < -0.39 is 0 Å². The second-order valence-electron chi connectivity index (χ2n) is 3.52. The van der Waals surface area contributed by atoms with Crippen LogP contribution in [0.2, 0.25) is 0 Å². The zero-order valence-corrected chi connectivity index (χ0v) is 13.7. The Hall–Kier alpha value is 0.803. The zero-order valence-electron chi connectivity index (χ0n) is 11.2. The van der Waals surface area contributed by atoms with E-state index in [9.17, 15) is 0 Å². The molecule has 2 nitrogen and oxygen atoms in total. The summed E-state index contributed by atoms with van der Waals surface area (Å²) in [7, 11) is 3.91. The molecule has 0 aromatic rings. The number of hydrogen-bond donors (Lipinski definition) is 0. The van der Waals surface area contributed by atoms with Crippen LogP contribution in [0.5, 0.6) is 0 Å². The number of hydrogen-bond acceptors (Lipinski definition) is 1. The molecule has 0 aliphatic heterocycles.